The number of rotatable bonds is 4. The van der Waals surface area contributed by atoms with Gasteiger partial charge >= 0.3 is 0 Å². The van der Waals surface area contributed by atoms with Gasteiger partial charge < -0.3 is 5.11 Å². The van der Waals surface area contributed by atoms with E-state index in [2.05, 4.69) is 15.3 Å². The summed E-state index contributed by atoms with van der Waals surface area (Å²) in [6.45, 7) is 2.83. The van der Waals surface area contributed by atoms with Gasteiger partial charge in [-0.25, -0.2) is 4.68 Å². The predicted octanol–water partition coefficient (Wildman–Crippen LogP) is 4.20. The molecule has 0 radical (unpaired) electrons. The van der Waals surface area contributed by atoms with E-state index in [0.29, 0.717) is 16.2 Å². The first-order chi connectivity index (χ1) is 12.0. The molecule has 0 unspecified atom stereocenters. The summed E-state index contributed by atoms with van der Waals surface area (Å²) in [5, 5.41) is 18.5. The number of aliphatic imine (C=N–C) groups is 1. The molecule has 0 aliphatic heterocycles. The summed E-state index contributed by atoms with van der Waals surface area (Å²) in [4.78, 5) is 15.7. The molecule has 0 fully saturated rings. The van der Waals surface area contributed by atoms with Gasteiger partial charge in [0.2, 0.25) is 0 Å². The highest BCUT2D eigenvalue weighted by atomic mass is 35.5. The Labute approximate surface area is 149 Å². The molecule has 1 heterocycles. The summed E-state index contributed by atoms with van der Waals surface area (Å²) in [6, 6.07) is 12.7. The quantitative estimate of drug-likeness (QED) is 0.432. The number of allylic oxidation sites excluding steroid dienone is 2. The number of nitrogens with zero attached hydrogens (tertiary/aromatic N) is 4. The van der Waals surface area contributed by atoms with Gasteiger partial charge in [0.1, 0.15) is 11.3 Å². The third-order valence-electron chi connectivity index (χ3n) is 3.61. The second kappa shape index (κ2) is 6.86. The van der Waals surface area contributed by atoms with E-state index in [-0.39, 0.29) is 17.1 Å². The fourth-order valence-corrected chi connectivity index (χ4v) is 2.47. The number of fused-ring (bicyclic) bond motifs is 1. The molecule has 0 amide bonds. The lowest BCUT2D eigenvalue weighted by Crippen LogP contribution is -2.01. The molecule has 1 aromatic heterocycles. The Balaban J connectivity index is 1.96. The van der Waals surface area contributed by atoms with Gasteiger partial charge in [0.05, 0.1) is 22.5 Å². The van der Waals surface area contributed by atoms with Crippen LogP contribution in [0.1, 0.15) is 13.8 Å². The van der Waals surface area contributed by atoms with Crippen molar-refractivity contribution in [1.29, 1.82) is 0 Å². The van der Waals surface area contributed by atoms with Crippen LogP contribution >= 0.6 is 11.6 Å². The Kier molecular flexibility index (Phi) is 4.63. The number of Topliss-reactive ketones (excluding diaryl/α,β-unsaturated/α-hetero) is 1. The molecule has 2 aromatic carbocycles. The van der Waals surface area contributed by atoms with E-state index in [9.17, 15) is 9.90 Å². The van der Waals surface area contributed by atoms with E-state index in [1.54, 1.807) is 28.9 Å². The molecule has 0 saturated carbocycles. The molecule has 0 bridgehead atoms. The summed E-state index contributed by atoms with van der Waals surface area (Å²) in [6.07, 6.45) is 1.35. The van der Waals surface area contributed by atoms with Gasteiger partial charge in [-0.2, -0.15) is 0 Å². The summed E-state index contributed by atoms with van der Waals surface area (Å²) in [7, 11) is 0. The van der Waals surface area contributed by atoms with Crippen molar-refractivity contribution in [3.63, 3.8) is 0 Å². The Morgan fingerprint density at radius 3 is 2.56 bits per heavy atom. The first kappa shape index (κ1) is 16.9. The third kappa shape index (κ3) is 3.59. The Hall–Kier alpha value is -2.99. The van der Waals surface area contributed by atoms with Crippen LogP contribution in [0.4, 0.5) is 5.69 Å². The number of aliphatic hydroxyl groups excluding tert-OH is 1. The zero-order valence-corrected chi connectivity index (χ0v) is 14.4. The van der Waals surface area contributed by atoms with Gasteiger partial charge in [-0.15, -0.1) is 5.10 Å². The standard InChI is InChI=1S/C18H15ClN4O2/c1-11(24)16(12(2)25)10-20-14-5-8-18-17(9-14)21-22-23(18)15-6-3-13(19)4-7-15/h3-10,24H,1-2H3. The van der Waals surface area contributed by atoms with Crippen LogP contribution in [-0.2, 0) is 4.79 Å². The van der Waals surface area contributed by atoms with Gasteiger partial charge in [-0.1, -0.05) is 16.8 Å². The maximum atomic E-state index is 11.5. The molecule has 0 saturated heterocycles. The van der Waals surface area contributed by atoms with Crippen molar-refractivity contribution < 1.29 is 9.90 Å². The number of carbonyl (C=O) groups is 1. The van der Waals surface area contributed by atoms with Crippen LogP contribution in [0.2, 0.25) is 5.02 Å². The molecular weight excluding hydrogens is 340 g/mol. The zero-order valence-electron chi connectivity index (χ0n) is 13.6. The van der Waals surface area contributed by atoms with E-state index in [1.165, 1.54) is 20.1 Å². The topological polar surface area (TPSA) is 80.4 Å². The second-order valence-electron chi connectivity index (χ2n) is 5.46. The summed E-state index contributed by atoms with van der Waals surface area (Å²) in [5.74, 6) is -0.315. The van der Waals surface area contributed by atoms with Crippen molar-refractivity contribution in [3.05, 3.63) is 58.8 Å². The monoisotopic (exact) mass is 354 g/mol. The molecular formula is C18H15ClN4O2. The maximum Gasteiger partial charge on any atom is 0.164 e. The summed E-state index contributed by atoms with van der Waals surface area (Å²) < 4.78 is 1.71. The second-order valence-corrected chi connectivity index (χ2v) is 5.90. The van der Waals surface area contributed by atoms with Crippen LogP contribution in [-0.4, -0.2) is 32.1 Å². The molecule has 3 aromatic rings. The summed E-state index contributed by atoms with van der Waals surface area (Å²) in [5.41, 5.74) is 3.11. The van der Waals surface area contributed by atoms with Crippen LogP contribution < -0.4 is 0 Å². The first-order valence-corrected chi connectivity index (χ1v) is 7.90. The minimum absolute atomic E-state index is 0.0639. The Morgan fingerprint density at radius 2 is 1.92 bits per heavy atom. The van der Waals surface area contributed by atoms with E-state index >= 15 is 0 Å². The number of carbonyl (C=O) groups excluding carboxylic acids is 1. The lowest BCUT2D eigenvalue weighted by molar-refractivity contribution is -0.113. The van der Waals surface area contributed by atoms with Crippen LogP contribution in [0.25, 0.3) is 16.7 Å². The minimum atomic E-state index is -0.251. The average molecular weight is 355 g/mol. The van der Waals surface area contributed by atoms with Crippen LogP contribution in [0, 0.1) is 0 Å². The molecule has 1 N–H and O–H groups in total. The SMILES string of the molecule is CC(=O)C(C=Nc1ccc2c(c1)nnn2-c1ccc(Cl)cc1)=C(C)O. The number of hydrogen-bond donors (Lipinski definition) is 1. The van der Waals surface area contributed by atoms with Crippen molar-refractivity contribution in [1.82, 2.24) is 15.0 Å². The fourth-order valence-electron chi connectivity index (χ4n) is 2.34. The molecule has 0 atom stereocenters. The van der Waals surface area contributed by atoms with Gasteiger partial charge in [0, 0.05) is 11.2 Å². The van der Waals surface area contributed by atoms with Crippen molar-refractivity contribution in [2.24, 2.45) is 4.99 Å². The molecule has 7 heteroatoms. The van der Waals surface area contributed by atoms with E-state index in [4.69, 9.17) is 11.6 Å². The molecule has 126 valence electrons. The van der Waals surface area contributed by atoms with Crippen molar-refractivity contribution >= 4 is 40.3 Å². The average Bonchev–Trinajstić information content (AvgIpc) is 2.98. The van der Waals surface area contributed by atoms with Crippen molar-refractivity contribution in [2.45, 2.75) is 13.8 Å². The highest BCUT2D eigenvalue weighted by Gasteiger charge is 2.08. The van der Waals surface area contributed by atoms with Gasteiger partial charge in [0.25, 0.3) is 0 Å². The van der Waals surface area contributed by atoms with E-state index < -0.39 is 0 Å². The summed E-state index contributed by atoms with van der Waals surface area (Å²) >= 11 is 5.91. The number of ketones is 1. The van der Waals surface area contributed by atoms with E-state index in [0.717, 1.165) is 11.2 Å². The smallest absolute Gasteiger partial charge is 0.164 e. The number of aliphatic hydroxyl groups is 1. The molecule has 0 aliphatic rings. The molecule has 25 heavy (non-hydrogen) atoms. The molecule has 6 nitrogen and oxygen atoms in total. The molecule has 0 spiro atoms. The zero-order chi connectivity index (χ0) is 18.0. The number of halogens is 1. The highest BCUT2D eigenvalue weighted by molar-refractivity contribution is 6.30. The van der Waals surface area contributed by atoms with Crippen LogP contribution in [0.3, 0.4) is 0 Å². The number of aromatic nitrogens is 3. The minimum Gasteiger partial charge on any atom is -0.512 e. The number of benzene rings is 2. The Bertz CT molecular complexity index is 1000. The molecule has 0 aliphatic carbocycles. The fraction of sp³-hybridized carbons (Fsp3) is 0.111. The van der Waals surface area contributed by atoms with Gasteiger partial charge in [0.15, 0.2) is 5.78 Å². The lowest BCUT2D eigenvalue weighted by Gasteiger charge is -2.02. The first-order valence-electron chi connectivity index (χ1n) is 7.52. The van der Waals surface area contributed by atoms with Crippen molar-refractivity contribution in [3.8, 4) is 5.69 Å². The highest BCUT2D eigenvalue weighted by Crippen LogP contribution is 2.22. The Morgan fingerprint density at radius 1 is 1.20 bits per heavy atom. The van der Waals surface area contributed by atoms with Crippen molar-refractivity contribution in [2.75, 3.05) is 0 Å². The third-order valence-corrected chi connectivity index (χ3v) is 3.86. The predicted molar refractivity (Wildman–Crippen MR) is 98.0 cm³/mol. The maximum absolute atomic E-state index is 11.5. The lowest BCUT2D eigenvalue weighted by atomic mass is 10.2. The van der Waals surface area contributed by atoms with Gasteiger partial charge in [-0.05, 0) is 56.3 Å². The molecule has 3 rings (SSSR count). The largest absolute Gasteiger partial charge is 0.512 e. The van der Waals surface area contributed by atoms with E-state index in [1.807, 2.05) is 18.2 Å². The number of hydrogen-bond acceptors (Lipinski definition) is 5. The van der Waals surface area contributed by atoms with Gasteiger partial charge in [-0.3, -0.25) is 9.79 Å². The van der Waals surface area contributed by atoms with Crippen LogP contribution in [0.15, 0.2) is 58.8 Å². The van der Waals surface area contributed by atoms with Crippen LogP contribution in [0.5, 0.6) is 0 Å². The normalized spacial score (nSPS) is 12.6.